The Kier molecular flexibility index (Phi) is 3.35. The first-order chi connectivity index (χ1) is 6.61. The summed E-state index contributed by atoms with van der Waals surface area (Å²) in [6, 6.07) is 3.18. The molecule has 0 saturated carbocycles. The molecule has 1 aromatic heterocycles. The Hall–Kier alpha value is -1.69. The van der Waals surface area contributed by atoms with Gasteiger partial charge in [0.2, 0.25) is 0 Å². The fraction of sp³-hybridized carbons (Fsp3) is 0.375. The molecule has 0 amide bonds. The molecule has 0 aliphatic heterocycles. The van der Waals surface area contributed by atoms with Gasteiger partial charge in [0.15, 0.2) is 0 Å². The van der Waals surface area contributed by atoms with Crippen LogP contribution >= 0.6 is 0 Å². The van der Waals surface area contributed by atoms with Gasteiger partial charge in [-0.25, -0.2) is 0 Å². The highest BCUT2D eigenvalue weighted by Gasteiger charge is 2.13. The molecule has 3 N–H and O–H groups in total. The molecule has 0 aliphatic carbocycles. The van der Waals surface area contributed by atoms with Crippen LogP contribution in [-0.4, -0.2) is 22.5 Å². The highest BCUT2D eigenvalue weighted by molar-refractivity contribution is 5.56. The Balaban J connectivity index is 2.79. The molecule has 0 aliphatic rings. The lowest BCUT2D eigenvalue weighted by Gasteiger charge is -2.08. The standard InChI is InChI=1S/C8H12N4O2/c1-6(9)5-11-7-3-2-4-10-8(7)12(13)14/h2-4,6,11H,5,9H2,1H3. The van der Waals surface area contributed by atoms with E-state index in [1.807, 2.05) is 6.92 Å². The normalized spacial score (nSPS) is 12.1. The average Bonchev–Trinajstić information content (AvgIpc) is 2.15. The zero-order valence-electron chi connectivity index (χ0n) is 7.80. The van der Waals surface area contributed by atoms with Gasteiger partial charge in [-0.3, -0.25) is 0 Å². The van der Waals surface area contributed by atoms with Crippen LogP contribution in [0.2, 0.25) is 0 Å². The SMILES string of the molecule is CC(N)CNc1cccnc1[N+](=O)[O-]. The fourth-order valence-electron chi connectivity index (χ4n) is 0.951. The van der Waals surface area contributed by atoms with E-state index in [1.54, 1.807) is 12.1 Å². The first-order valence-corrected chi connectivity index (χ1v) is 4.20. The number of nitrogens with zero attached hydrogens (tertiary/aromatic N) is 2. The molecule has 0 bridgehead atoms. The molecule has 6 heteroatoms. The molecular weight excluding hydrogens is 184 g/mol. The zero-order chi connectivity index (χ0) is 10.6. The van der Waals surface area contributed by atoms with E-state index in [1.165, 1.54) is 6.20 Å². The third-order valence-electron chi connectivity index (χ3n) is 1.57. The van der Waals surface area contributed by atoms with E-state index in [2.05, 4.69) is 10.3 Å². The van der Waals surface area contributed by atoms with Crippen molar-refractivity contribution in [2.45, 2.75) is 13.0 Å². The third-order valence-corrected chi connectivity index (χ3v) is 1.57. The molecule has 14 heavy (non-hydrogen) atoms. The molecule has 1 heterocycles. The molecule has 0 saturated heterocycles. The van der Waals surface area contributed by atoms with Crippen molar-refractivity contribution in [2.75, 3.05) is 11.9 Å². The number of aromatic nitrogens is 1. The van der Waals surface area contributed by atoms with E-state index >= 15 is 0 Å². The van der Waals surface area contributed by atoms with E-state index < -0.39 is 4.92 Å². The molecule has 0 radical (unpaired) electrons. The highest BCUT2D eigenvalue weighted by Crippen LogP contribution is 2.19. The van der Waals surface area contributed by atoms with Gasteiger partial charge in [-0.2, -0.15) is 0 Å². The molecule has 6 nitrogen and oxygen atoms in total. The second-order valence-corrected chi connectivity index (χ2v) is 2.99. The Labute approximate surface area is 81.3 Å². The maximum atomic E-state index is 10.5. The Morgan fingerprint density at radius 1 is 1.79 bits per heavy atom. The number of anilines is 1. The summed E-state index contributed by atoms with van der Waals surface area (Å²) in [7, 11) is 0. The van der Waals surface area contributed by atoms with Crippen LogP contribution in [0.5, 0.6) is 0 Å². The minimum atomic E-state index is -0.524. The lowest BCUT2D eigenvalue weighted by atomic mass is 10.3. The summed E-state index contributed by atoms with van der Waals surface area (Å²) in [5, 5.41) is 13.4. The molecule has 0 fully saturated rings. The number of nitrogens with one attached hydrogen (secondary N) is 1. The maximum Gasteiger partial charge on any atom is 0.386 e. The lowest BCUT2D eigenvalue weighted by molar-refractivity contribution is -0.388. The molecule has 1 atom stereocenters. The van der Waals surface area contributed by atoms with E-state index in [-0.39, 0.29) is 11.9 Å². The molecule has 1 rings (SSSR count). The van der Waals surface area contributed by atoms with Crippen molar-refractivity contribution in [1.29, 1.82) is 0 Å². The first kappa shape index (κ1) is 10.4. The van der Waals surface area contributed by atoms with Gasteiger partial charge in [0, 0.05) is 12.6 Å². The minimum Gasteiger partial charge on any atom is -0.377 e. The van der Waals surface area contributed by atoms with Crippen molar-refractivity contribution < 1.29 is 4.92 Å². The monoisotopic (exact) mass is 196 g/mol. The van der Waals surface area contributed by atoms with Crippen LogP contribution in [0, 0.1) is 10.1 Å². The van der Waals surface area contributed by atoms with Crippen LogP contribution in [0.15, 0.2) is 18.3 Å². The Morgan fingerprint density at radius 2 is 2.50 bits per heavy atom. The van der Waals surface area contributed by atoms with Crippen molar-refractivity contribution >= 4 is 11.5 Å². The maximum absolute atomic E-state index is 10.5. The van der Waals surface area contributed by atoms with Gasteiger partial charge in [-0.1, -0.05) is 0 Å². The molecule has 0 spiro atoms. The van der Waals surface area contributed by atoms with Gasteiger partial charge in [0.1, 0.15) is 11.9 Å². The number of rotatable bonds is 4. The molecule has 0 aromatic carbocycles. The molecule has 1 aromatic rings. The summed E-state index contributed by atoms with van der Waals surface area (Å²) < 4.78 is 0. The summed E-state index contributed by atoms with van der Waals surface area (Å²) in [6.45, 7) is 2.29. The van der Waals surface area contributed by atoms with Crippen molar-refractivity contribution in [2.24, 2.45) is 5.73 Å². The van der Waals surface area contributed by atoms with Crippen molar-refractivity contribution in [1.82, 2.24) is 4.98 Å². The zero-order valence-corrected chi connectivity index (χ0v) is 7.80. The van der Waals surface area contributed by atoms with Gasteiger partial charge in [-0.15, -0.1) is 0 Å². The molecule has 76 valence electrons. The second-order valence-electron chi connectivity index (χ2n) is 2.99. The van der Waals surface area contributed by atoms with Crippen molar-refractivity contribution in [3.8, 4) is 0 Å². The van der Waals surface area contributed by atoms with E-state index in [0.29, 0.717) is 12.2 Å². The largest absolute Gasteiger partial charge is 0.386 e. The van der Waals surface area contributed by atoms with E-state index in [9.17, 15) is 10.1 Å². The third kappa shape index (κ3) is 2.67. The van der Waals surface area contributed by atoms with Crippen LogP contribution < -0.4 is 11.1 Å². The highest BCUT2D eigenvalue weighted by atomic mass is 16.6. The number of nitrogens with two attached hydrogens (primary N) is 1. The van der Waals surface area contributed by atoms with E-state index in [0.717, 1.165) is 0 Å². The first-order valence-electron chi connectivity index (χ1n) is 4.20. The Bertz CT molecular complexity index is 327. The quantitative estimate of drug-likeness (QED) is 0.547. The van der Waals surface area contributed by atoms with Crippen LogP contribution in [0.25, 0.3) is 0 Å². The summed E-state index contributed by atoms with van der Waals surface area (Å²) in [5.41, 5.74) is 5.91. The summed E-state index contributed by atoms with van der Waals surface area (Å²) in [5.74, 6) is -0.173. The van der Waals surface area contributed by atoms with Crippen LogP contribution in [0.3, 0.4) is 0 Å². The van der Waals surface area contributed by atoms with Crippen LogP contribution in [-0.2, 0) is 0 Å². The smallest absolute Gasteiger partial charge is 0.377 e. The van der Waals surface area contributed by atoms with Gasteiger partial charge in [0.25, 0.3) is 0 Å². The van der Waals surface area contributed by atoms with Gasteiger partial charge >= 0.3 is 5.82 Å². The Morgan fingerprint density at radius 3 is 3.07 bits per heavy atom. The summed E-state index contributed by atoms with van der Waals surface area (Å²) in [6.07, 6.45) is 1.38. The fourth-order valence-corrected chi connectivity index (χ4v) is 0.951. The number of pyridine rings is 1. The second kappa shape index (κ2) is 4.52. The summed E-state index contributed by atoms with van der Waals surface area (Å²) in [4.78, 5) is 13.7. The minimum absolute atomic E-state index is 0.0604. The van der Waals surface area contributed by atoms with Crippen LogP contribution in [0.4, 0.5) is 11.5 Å². The molecule has 1 unspecified atom stereocenters. The van der Waals surface area contributed by atoms with E-state index in [4.69, 9.17) is 5.73 Å². The predicted molar refractivity (Wildman–Crippen MR) is 53.0 cm³/mol. The van der Waals surface area contributed by atoms with Gasteiger partial charge < -0.3 is 21.2 Å². The predicted octanol–water partition coefficient (Wildman–Crippen LogP) is 0.749. The number of hydrogen-bond acceptors (Lipinski definition) is 5. The van der Waals surface area contributed by atoms with Crippen LogP contribution in [0.1, 0.15) is 6.92 Å². The van der Waals surface area contributed by atoms with Crippen molar-refractivity contribution in [3.63, 3.8) is 0 Å². The van der Waals surface area contributed by atoms with Crippen molar-refractivity contribution in [3.05, 3.63) is 28.4 Å². The summed E-state index contributed by atoms with van der Waals surface area (Å²) >= 11 is 0. The molecular formula is C8H12N4O2. The van der Waals surface area contributed by atoms with Gasteiger partial charge in [-0.05, 0) is 29.0 Å². The number of hydrogen-bond donors (Lipinski definition) is 2. The topological polar surface area (TPSA) is 94.1 Å². The van der Waals surface area contributed by atoms with Gasteiger partial charge in [0.05, 0.1) is 0 Å². The lowest BCUT2D eigenvalue weighted by Crippen LogP contribution is -2.25. The average molecular weight is 196 g/mol. The number of nitro groups is 1.